The van der Waals surface area contributed by atoms with E-state index in [0.717, 1.165) is 41.8 Å². The molecule has 0 fully saturated rings. The molecule has 0 aliphatic heterocycles. The molecule has 3 nitrogen and oxygen atoms in total. The molecular formula is C34H47FN2O. The third-order valence-corrected chi connectivity index (χ3v) is 7.17. The van der Waals surface area contributed by atoms with Gasteiger partial charge >= 0.3 is 0 Å². The molecule has 1 aromatic heterocycles. The van der Waals surface area contributed by atoms with Gasteiger partial charge in [0.25, 0.3) is 0 Å². The van der Waals surface area contributed by atoms with Crippen LogP contribution in [0.2, 0.25) is 0 Å². The van der Waals surface area contributed by atoms with E-state index in [2.05, 4.69) is 48.1 Å². The Morgan fingerprint density at radius 1 is 0.632 bits per heavy atom. The summed E-state index contributed by atoms with van der Waals surface area (Å²) >= 11 is 0. The molecule has 0 saturated heterocycles. The van der Waals surface area contributed by atoms with Crippen LogP contribution in [0.1, 0.15) is 103 Å². The van der Waals surface area contributed by atoms with E-state index < -0.39 is 6.17 Å². The van der Waals surface area contributed by atoms with Crippen LogP contribution in [0.25, 0.3) is 22.5 Å². The molecule has 0 N–H and O–H groups in total. The predicted molar refractivity (Wildman–Crippen MR) is 158 cm³/mol. The number of halogens is 1. The largest absolute Gasteiger partial charge is 0.491 e. The Morgan fingerprint density at radius 2 is 1.18 bits per heavy atom. The molecule has 0 aliphatic carbocycles. The van der Waals surface area contributed by atoms with Gasteiger partial charge in [-0.25, -0.2) is 14.4 Å². The molecule has 38 heavy (non-hydrogen) atoms. The number of rotatable bonds is 19. The van der Waals surface area contributed by atoms with Crippen LogP contribution in [0.15, 0.2) is 60.9 Å². The van der Waals surface area contributed by atoms with Crippen LogP contribution in [-0.4, -0.2) is 22.7 Å². The Kier molecular flexibility index (Phi) is 13.9. The van der Waals surface area contributed by atoms with Gasteiger partial charge in [-0.3, -0.25) is 0 Å². The summed E-state index contributed by atoms with van der Waals surface area (Å²) in [7, 11) is 0. The second kappa shape index (κ2) is 17.7. The third-order valence-electron chi connectivity index (χ3n) is 7.17. The van der Waals surface area contributed by atoms with Gasteiger partial charge in [-0.2, -0.15) is 0 Å². The van der Waals surface area contributed by atoms with Crippen molar-refractivity contribution in [3.05, 3.63) is 66.5 Å². The number of hydrogen-bond acceptors (Lipinski definition) is 3. The number of benzene rings is 2. The molecule has 3 rings (SSSR count). The minimum atomic E-state index is -0.911. The first-order chi connectivity index (χ1) is 18.7. The summed E-state index contributed by atoms with van der Waals surface area (Å²) in [6.07, 6.45) is 19.5. The van der Waals surface area contributed by atoms with Gasteiger partial charge in [0.1, 0.15) is 18.5 Å². The van der Waals surface area contributed by atoms with E-state index >= 15 is 0 Å². The summed E-state index contributed by atoms with van der Waals surface area (Å²) in [6, 6.07) is 16.4. The van der Waals surface area contributed by atoms with E-state index in [1.807, 2.05) is 36.7 Å². The van der Waals surface area contributed by atoms with Gasteiger partial charge in [0.15, 0.2) is 5.82 Å². The zero-order valence-corrected chi connectivity index (χ0v) is 23.6. The fraction of sp³-hybridized carbons (Fsp3) is 0.529. The molecule has 0 saturated carbocycles. The number of aromatic nitrogens is 2. The van der Waals surface area contributed by atoms with Crippen molar-refractivity contribution in [1.29, 1.82) is 0 Å². The second-order valence-corrected chi connectivity index (χ2v) is 10.5. The summed E-state index contributed by atoms with van der Waals surface area (Å²) in [6.45, 7) is 4.58. The lowest BCUT2D eigenvalue weighted by Gasteiger charge is -2.11. The molecule has 0 spiro atoms. The third kappa shape index (κ3) is 10.9. The number of aryl methyl sites for hydroxylation is 1. The average molecular weight is 519 g/mol. The molecule has 1 heterocycles. The van der Waals surface area contributed by atoms with E-state index in [-0.39, 0.29) is 6.61 Å². The summed E-state index contributed by atoms with van der Waals surface area (Å²) in [5.41, 5.74) is 4.38. The summed E-state index contributed by atoms with van der Waals surface area (Å²) < 4.78 is 19.9. The van der Waals surface area contributed by atoms with Crippen LogP contribution in [0.3, 0.4) is 0 Å². The number of ether oxygens (including phenoxy) is 1. The van der Waals surface area contributed by atoms with Crippen LogP contribution >= 0.6 is 0 Å². The van der Waals surface area contributed by atoms with Crippen molar-refractivity contribution in [2.75, 3.05) is 6.61 Å². The zero-order chi connectivity index (χ0) is 26.8. The number of hydrogen-bond donors (Lipinski definition) is 0. The average Bonchev–Trinajstić information content (AvgIpc) is 2.96. The maximum atomic E-state index is 14.2. The van der Waals surface area contributed by atoms with Gasteiger partial charge in [0.2, 0.25) is 0 Å². The minimum Gasteiger partial charge on any atom is -0.491 e. The first-order valence-electron chi connectivity index (χ1n) is 15.0. The highest BCUT2D eigenvalue weighted by Crippen LogP contribution is 2.24. The van der Waals surface area contributed by atoms with Crippen LogP contribution in [0.5, 0.6) is 5.75 Å². The van der Waals surface area contributed by atoms with Crippen LogP contribution in [-0.2, 0) is 6.42 Å². The van der Waals surface area contributed by atoms with Gasteiger partial charge < -0.3 is 4.74 Å². The molecule has 0 amide bonds. The van der Waals surface area contributed by atoms with Gasteiger partial charge in [0, 0.05) is 23.5 Å². The first-order valence-corrected chi connectivity index (χ1v) is 15.0. The van der Waals surface area contributed by atoms with Crippen molar-refractivity contribution >= 4 is 0 Å². The van der Waals surface area contributed by atoms with Crippen molar-refractivity contribution < 1.29 is 9.13 Å². The maximum Gasteiger partial charge on any atom is 0.159 e. The number of nitrogens with zero attached hydrogens (tertiary/aromatic N) is 2. The minimum absolute atomic E-state index is 0.115. The SMILES string of the molecule is CCCCCCCCc1ccc(-c2ncc(-c3ccc(OCC(F)CCCCCCCC)cc3)cn2)cc1. The molecule has 206 valence electrons. The Hall–Kier alpha value is -2.75. The van der Waals surface area contributed by atoms with E-state index in [0.29, 0.717) is 12.2 Å². The highest BCUT2D eigenvalue weighted by molar-refractivity contribution is 5.64. The first kappa shape index (κ1) is 29.8. The molecule has 0 radical (unpaired) electrons. The standard InChI is InChI=1S/C34H47FN2O/c1-3-5-7-9-11-13-15-28-17-19-30(20-18-28)34-36-25-31(26-37-34)29-21-23-33(24-22-29)38-27-32(35)16-14-12-10-8-6-4-2/h17-26,32H,3-16,27H2,1-2H3. The molecule has 3 aromatic rings. The van der Waals surface area contributed by atoms with Gasteiger partial charge in [0.05, 0.1) is 0 Å². The monoisotopic (exact) mass is 518 g/mol. The zero-order valence-electron chi connectivity index (χ0n) is 23.6. The van der Waals surface area contributed by atoms with Crippen molar-refractivity contribution in [3.8, 4) is 28.3 Å². The van der Waals surface area contributed by atoms with Crippen LogP contribution in [0, 0.1) is 0 Å². The van der Waals surface area contributed by atoms with Gasteiger partial charge in [-0.15, -0.1) is 0 Å². The molecule has 0 aliphatic rings. The van der Waals surface area contributed by atoms with Crippen LogP contribution < -0.4 is 4.74 Å². The van der Waals surface area contributed by atoms with Crippen molar-refractivity contribution in [2.45, 2.75) is 110 Å². The fourth-order valence-corrected chi connectivity index (χ4v) is 4.72. The highest BCUT2D eigenvalue weighted by Gasteiger charge is 2.08. The van der Waals surface area contributed by atoms with E-state index in [4.69, 9.17) is 4.74 Å². The lowest BCUT2D eigenvalue weighted by Crippen LogP contribution is -2.12. The quantitative estimate of drug-likeness (QED) is 0.148. The summed E-state index contributed by atoms with van der Waals surface area (Å²) in [4.78, 5) is 9.20. The normalized spacial score (nSPS) is 12.0. The smallest absolute Gasteiger partial charge is 0.159 e. The molecular weight excluding hydrogens is 471 g/mol. The van der Waals surface area contributed by atoms with Crippen molar-refractivity contribution in [1.82, 2.24) is 9.97 Å². The Morgan fingerprint density at radius 3 is 1.82 bits per heavy atom. The molecule has 4 heteroatoms. The number of alkyl halides is 1. The highest BCUT2D eigenvalue weighted by atomic mass is 19.1. The summed E-state index contributed by atoms with van der Waals surface area (Å²) in [5.74, 6) is 1.43. The molecule has 0 bridgehead atoms. The van der Waals surface area contributed by atoms with Crippen LogP contribution in [0.4, 0.5) is 4.39 Å². The molecule has 1 unspecified atom stereocenters. The number of unbranched alkanes of at least 4 members (excludes halogenated alkanes) is 10. The summed E-state index contributed by atoms with van der Waals surface area (Å²) in [5, 5.41) is 0. The predicted octanol–water partition coefficient (Wildman–Crippen LogP) is 10.2. The second-order valence-electron chi connectivity index (χ2n) is 10.5. The fourth-order valence-electron chi connectivity index (χ4n) is 4.72. The lowest BCUT2D eigenvalue weighted by atomic mass is 10.0. The Balaban J connectivity index is 1.41. The van der Waals surface area contributed by atoms with Gasteiger partial charge in [-0.1, -0.05) is 121 Å². The van der Waals surface area contributed by atoms with E-state index in [1.165, 1.54) is 69.8 Å². The van der Waals surface area contributed by atoms with E-state index in [9.17, 15) is 4.39 Å². The van der Waals surface area contributed by atoms with E-state index in [1.54, 1.807) is 0 Å². The Bertz CT molecular complexity index is 1000. The Labute approximate surface area is 230 Å². The van der Waals surface area contributed by atoms with Gasteiger partial charge in [-0.05, 0) is 42.5 Å². The van der Waals surface area contributed by atoms with Crippen molar-refractivity contribution in [3.63, 3.8) is 0 Å². The maximum absolute atomic E-state index is 14.2. The molecule has 2 aromatic carbocycles. The molecule has 1 atom stereocenters. The topological polar surface area (TPSA) is 35.0 Å². The van der Waals surface area contributed by atoms with Crippen molar-refractivity contribution in [2.24, 2.45) is 0 Å². The lowest BCUT2D eigenvalue weighted by molar-refractivity contribution is 0.184.